The van der Waals surface area contributed by atoms with Crippen molar-refractivity contribution in [2.45, 2.75) is 11.4 Å². The van der Waals surface area contributed by atoms with Gasteiger partial charge >= 0.3 is 0 Å². The molecule has 0 spiro atoms. The van der Waals surface area contributed by atoms with Gasteiger partial charge in [-0.15, -0.1) is 11.3 Å². The Morgan fingerprint density at radius 1 is 1.29 bits per heavy atom. The van der Waals surface area contributed by atoms with E-state index in [0.29, 0.717) is 32.8 Å². The molecule has 0 unspecified atom stereocenters. The summed E-state index contributed by atoms with van der Waals surface area (Å²) in [6, 6.07) is 7.27. The van der Waals surface area contributed by atoms with Crippen molar-refractivity contribution in [2.24, 2.45) is 0 Å². The molecule has 1 aliphatic rings. The average molecular weight is 389 g/mol. The second-order valence-electron chi connectivity index (χ2n) is 5.49. The first kappa shape index (κ1) is 17.6. The van der Waals surface area contributed by atoms with E-state index in [1.54, 1.807) is 12.1 Å². The highest BCUT2D eigenvalue weighted by atomic mass is 35.5. The van der Waals surface area contributed by atoms with Crippen LogP contribution in [-0.4, -0.2) is 46.1 Å². The van der Waals surface area contributed by atoms with Gasteiger partial charge in [0.25, 0.3) is 5.82 Å². The van der Waals surface area contributed by atoms with Crippen molar-refractivity contribution in [3.63, 3.8) is 0 Å². The molecule has 2 aromatic rings. The zero-order chi connectivity index (χ0) is 17.2. The molecule has 0 amide bonds. The molecule has 0 atom stereocenters. The standard InChI is InChI=1S/C15H18ClN3O3S2/c1-18(11-12-2-4-14(16)23-12)15-5-3-13(10-17-15)24(20,21)19-6-8-22-9-7-19/h2-5,10H,6-9,11H2,1H3/p+1. The molecule has 0 radical (unpaired) electrons. The number of morpholine rings is 1. The summed E-state index contributed by atoms with van der Waals surface area (Å²) in [7, 11) is -1.53. The normalized spacial score (nSPS) is 16.2. The monoisotopic (exact) mass is 388 g/mol. The van der Waals surface area contributed by atoms with Crippen LogP contribution in [0.2, 0.25) is 4.34 Å². The number of sulfonamides is 1. The summed E-state index contributed by atoms with van der Waals surface area (Å²) in [4.78, 5) is 6.48. The Balaban J connectivity index is 1.72. The Labute approximate surface area is 150 Å². The Morgan fingerprint density at radius 2 is 2.04 bits per heavy atom. The summed E-state index contributed by atoms with van der Waals surface area (Å²) in [5.74, 6) is 0.834. The zero-order valence-corrected chi connectivity index (χ0v) is 15.6. The van der Waals surface area contributed by atoms with Gasteiger partial charge in [-0.25, -0.2) is 13.4 Å². The van der Waals surface area contributed by atoms with E-state index in [1.807, 2.05) is 24.1 Å². The second-order valence-corrected chi connectivity index (χ2v) is 9.23. The van der Waals surface area contributed by atoms with Crippen molar-refractivity contribution >= 4 is 38.8 Å². The lowest BCUT2D eigenvalue weighted by molar-refractivity contribution is -0.367. The van der Waals surface area contributed by atoms with Crippen LogP contribution in [0.1, 0.15) is 4.88 Å². The van der Waals surface area contributed by atoms with E-state index in [1.165, 1.54) is 21.8 Å². The van der Waals surface area contributed by atoms with Gasteiger partial charge in [0.2, 0.25) is 10.0 Å². The summed E-state index contributed by atoms with van der Waals surface area (Å²) < 4.78 is 32.6. The summed E-state index contributed by atoms with van der Waals surface area (Å²) in [6.07, 6.45) is 1.54. The van der Waals surface area contributed by atoms with Gasteiger partial charge in [0.1, 0.15) is 17.6 Å². The van der Waals surface area contributed by atoms with Gasteiger partial charge < -0.3 is 4.74 Å². The number of thiophene rings is 1. The molecule has 2 aromatic heterocycles. The summed E-state index contributed by atoms with van der Waals surface area (Å²) in [5.41, 5.74) is 0. The maximum atomic E-state index is 12.6. The number of ether oxygens (including phenoxy) is 1. The highest BCUT2D eigenvalue weighted by molar-refractivity contribution is 7.89. The van der Waals surface area contributed by atoms with E-state index >= 15 is 0 Å². The van der Waals surface area contributed by atoms with Crippen molar-refractivity contribution in [3.05, 3.63) is 39.7 Å². The number of nitrogens with zero attached hydrogens (tertiary/aromatic N) is 2. The summed E-state index contributed by atoms with van der Waals surface area (Å²) in [5, 5.41) is 0. The lowest BCUT2D eigenvalue weighted by atomic mass is 10.4. The fraction of sp³-hybridized carbons (Fsp3) is 0.400. The van der Waals surface area contributed by atoms with Gasteiger partial charge in [-0.05, 0) is 18.2 Å². The number of pyridine rings is 1. The minimum absolute atomic E-state index is 0.265. The first-order valence-electron chi connectivity index (χ1n) is 7.52. The Kier molecular flexibility index (Phi) is 5.41. The smallest absolute Gasteiger partial charge is 0.274 e. The molecule has 130 valence electrons. The van der Waals surface area contributed by atoms with E-state index < -0.39 is 10.0 Å². The Hall–Kier alpha value is -1.19. The molecule has 0 saturated carbocycles. The highest BCUT2D eigenvalue weighted by Crippen LogP contribution is 2.23. The molecular formula is C15H19ClN3O3S2+. The van der Waals surface area contributed by atoms with E-state index in [4.69, 9.17) is 16.3 Å². The number of aromatic nitrogens is 1. The number of nitrogens with one attached hydrogen (secondary N) is 1. The van der Waals surface area contributed by atoms with Gasteiger partial charge in [-0.3, -0.25) is 4.90 Å². The number of halogens is 1. The van der Waals surface area contributed by atoms with Gasteiger partial charge in [0.15, 0.2) is 0 Å². The predicted molar refractivity (Wildman–Crippen MR) is 94.0 cm³/mol. The minimum Gasteiger partial charge on any atom is -0.379 e. The molecule has 1 saturated heterocycles. The number of aromatic amines is 1. The van der Waals surface area contributed by atoms with Crippen LogP contribution >= 0.6 is 22.9 Å². The molecule has 0 aliphatic carbocycles. The van der Waals surface area contributed by atoms with Gasteiger partial charge in [-0.1, -0.05) is 11.6 Å². The van der Waals surface area contributed by atoms with Crippen LogP contribution in [0.15, 0.2) is 35.4 Å². The number of hydrogen-bond donors (Lipinski definition) is 0. The van der Waals surface area contributed by atoms with E-state index in [0.717, 1.165) is 15.0 Å². The molecular weight excluding hydrogens is 370 g/mol. The van der Waals surface area contributed by atoms with Crippen molar-refractivity contribution in [2.75, 3.05) is 38.3 Å². The average Bonchev–Trinajstić information content (AvgIpc) is 3.00. The molecule has 0 aromatic carbocycles. The van der Waals surface area contributed by atoms with E-state index in [2.05, 4.69) is 4.98 Å². The highest BCUT2D eigenvalue weighted by Gasteiger charge is 2.27. The molecule has 1 fully saturated rings. The van der Waals surface area contributed by atoms with Crippen LogP contribution in [0.3, 0.4) is 0 Å². The molecule has 6 nitrogen and oxygen atoms in total. The van der Waals surface area contributed by atoms with Gasteiger partial charge in [0, 0.05) is 24.0 Å². The third-order valence-corrected chi connectivity index (χ3v) is 6.92. The first-order chi connectivity index (χ1) is 11.5. The van der Waals surface area contributed by atoms with Gasteiger partial charge in [-0.2, -0.15) is 4.31 Å². The number of rotatable bonds is 5. The van der Waals surface area contributed by atoms with Crippen LogP contribution in [0.25, 0.3) is 0 Å². The predicted octanol–water partition coefficient (Wildman–Crippen LogP) is 1.87. The van der Waals surface area contributed by atoms with E-state index in [9.17, 15) is 8.42 Å². The Bertz CT molecular complexity index is 787. The number of anilines is 1. The topological polar surface area (TPSA) is 64.0 Å². The maximum Gasteiger partial charge on any atom is 0.274 e. The van der Waals surface area contributed by atoms with Gasteiger partial charge in [0.05, 0.1) is 24.6 Å². The number of hydrogen-bond acceptors (Lipinski definition) is 5. The molecule has 0 bridgehead atoms. The van der Waals surface area contributed by atoms with E-state index in [-0.39, 0.29) is 4.90 Å². The van der Waals surface area contributed by atoms with Crippen LogP contribution in [-0.2, 0) is 21.3 Å². The lowest BCUT2D eigenvalue weighted by Gasteiger charge is -2.25. The Morgan fingerprint density at radius 3 is 2.62 bits per heavy atom. The molecule has 24 heavy (non-hydrogen) atoms. The third kappa shape index (κ3) is 3.89. The fourth-order valence-corrected chi connectivity index (χ4v) is 5.01. The molecule has 1 aliphatic heterocycles. The minimum atomic E-state index is -3.47. The molecule has 3 rings (SSSR count). The SMILES string of the molecule is CN(Cc1ccc(Cl)s1)c1ccc(S(=O)(=O)N2CCOCC2)c[nH+]1. The quantitative estimate of drug-likeness (QED) is 0.784. The molecule has 1 N–H and O–H groups in total. The van der Waals surface area contributed by atoms with Crippen LogP contribution in [0.4, 0.5) is 5.82 Å². The second kappa shape index (κ2) is 7.37. The van der Waals surface area contributed by atoms with Crippen molar-refractivity contribution in [1.29, 1.82) is 0 Å². The third-order valence-electron chi connectivity index (χ3n) is 3.81. The van der Waals surface area contributed by atoms with Crippen molar-refractivity contribution in [1.82, 2.24) is 4.31 Å². The molecule has 9 heteroatoms. The number of H-pyrrole nitrogens is 1. The summed E-state index contributed by atoms with van der Waals surface area (Å²) >= 11 is 7.48. The van der Waals surface area contributed by atoms with Crippen LogP contribution in [0.5, 0.6) is 0 Å². The fourth-order valence-electron chi connectivity index (χ4n) is 2.49. The van der Waals surface area contributed by atoms with Crippen LogP contribution in [0, 0.1) is 0 Å². The van der Waals surface area contributed by atoms with Crippen molar-refractivity contribution < 1.29 is 18.1 Å². The lowest BCUT2D eigenvalue weighted by Crippen LogP contribution is -2.41. The first-order valence-corrected chi connectivity index (χ1v) is 10.2. The maximum absolute atomic E-state index is 12.6. The summed E-state index contributed by atoms with van der Waals surface area (Å²) in [6.45, 7) is 2.36. The molecule has 3 heterocycles. The zero-order valence-electron chi connectivity index (χ0n) is 13.2. The van der Waals surface area contributed by atoms with Crippen LogP contribution < -0.4 is 9.88 Å². The van der Waals surface area contributed by atoms with Crippen molar-refractivity contribution in [3.8, 4) is 0 Å². The largest absolute Gasteiger partial charge is 0.379 e.